The van der Waals surface area contributed by atoms with Crippen LogP contribution in [0.1, 0.15) is 58.3 Å². The molecule has 100 valence electrons. The second-order valence-electron chi connectivity index (χ2n) is 6.15. The molecule has 2 heteroatoms. The summed E-state index contributed by atoms with van der Waals surface area (Å²) in [6.45, 7) is 5.33. The van der Waals surface area contributed by atoms with Gasteiger partial charge in [0.2, 0.25) is 0 Å². The maximum Gasteiger partial charge on any atom is 0.0591 e. The van der Waals surface area contributed by atoms with Gasteiger partial charge >= 0.3 is 0 Å². The van der Waals surface area contributed by atoms with Gasteiger partial charge in [0, 0.05) is 19.2 Å². The molecule has 0 aromatic carbocycles. The molecule has 2 nitrogen and oxygen atoms in total. The van der Waals surface area contributed by atoms with Gasteiger partial charge in [-0.3, -0.25) is 0 Å². The molecule has 1 N–H and O–H groups in total. The van der Waals surface area contributed by atoms with E-state index in [4.69, 9.17) is 4.74 Å². The fourth-order valence-electron chi connectivity index (χ4n) is 3.38. The minimum atomic E-state index is 0.758. The third-order valence-electron chi connectivity index (χ3n) is 4.44. The van der Waals surface area contributed by atoms with Gasteiger partial charge in [0.05, 0.1) is 6.61 Å². The molecule has 2 unspecified atom stereocenters. The Hall–Kier alpha value is -0.0800. The van der Waals surface area contributed by atoms with Crippen LogP contribution < -0.4 is 5.32 Å². The summed E-state index contributed by atoms with van der Waals surface area (Å²) in [5.41, 5.74) is 0. The zero-order chi connectivity index (χ0) is 11.9. The SMILES string of the molecule is CC1CCCC(NCCOCC2CCCC2)C1. The molecule has 0 aliphatic heterocycles. The molecular formula is C15H29NO. The van der Waals surface area contributed by atoms with Gasteiger partial charge in [-0.15, -0.1) is 0 Å². The van der Waals surface area contributed by atoms with Crippen molar-refractivity contribution in [2.45, 2.75) is 64.3 Å². The molecule has 0 amide bonds. The summed E-state index contributed by atoms with van der Waals surface area (Å²) in [7, 11) is 0. The minimum Gasteiger partial charge on any atom is -0.380 e. The lowest BCUT2D eigenvalue weighted by Gasteiger charge is -2.27. The first-order valence-electron chi connectivity index (χ1n) is 7.65. The fourth-order valence-corrected chi connectivity index (χ4v) is 3.38. The van der Waals surface area contributed by atoms with Crippen molar-refractivity contribution in [3.05, 3.63) is 0 Å². The summed E-state index contributed by atoms with van der Waals surface area (Å²) in [4.78, 5) is 0. The van der Waals surface area contributed by atoms with Gasteiger partial charge in [-0.2, -0.15) is 0 Å². The van der Waals surface area contributed by atoms with Gasteiger partial charge in [0.15, 0.2) is 0 Å². The molecule has 0 radical (unpaired) electrons. The molecule has 0 aromatic heterocycles. The Morgan fingerprint density at radius 2 is 1.88 bits per heavy atom. The lowest BCUT2D eigenvalue weighted by Crippen LogP contribution is -2.35. The third kappa shape index (κ3) is 4.97. The lowest BCUT2D eigenvalue weighted by atomic mass is 9.87. The first-order chi connectivity index (χ1) is 8.34. The van der Waals surface area contributed by atoms with Crippen molar-refractivity contribution in [3.8, 4) is 0 Å². The van der Waals surface area contributed by atoms with E-state index < -0.39 is 0 Å². The molecule has 0 bridgehead atoms. The molecule has 2 fully saturated rings. The second-order valence-corrected chi connectivity index (χ2v) is 6.15. The molecule has 2 rings (SSSR count). The van der Waals surface area contributed by atoms with Crippen molar-refractivity contribution in [2.75, 3.05) is 19.8 Å². The number of hydrogen-bond acceptors (Lipinski definition) is 2. The normalized spacial score (nSPS) is 30.9. The van der Waals surface area contributed by atoms with Crippen LogP contribution in [0.3, 0.4) is 0 Å². The van der Waals surface area contributed by atoms with Crippen LogP contribution in [0.15, 0.2) is 0 Å². The van der Waals surface area contributed by atoms with E-state index in [9.17, 15) is 0 Å². The molecule has 2 aliphatic carbocycles. The smallest absolute Gasteiger partial charge is 0.0591 e. The van der Waals surface area contributed by atoms with Crippen molar-refractivity contribution in [2.24, 2.45) is 11.8 Å². The zero-order valence-electron chi connectivity index (χ0n) is 11.4. The Kier molecular flexibility index (Phi) is 5.79. The first-order valence-corrected chi connectivity index (χ1v) is 7.65. The van der Waals surface area contributed by atoms with Crippen LogP contribution in [0.5, 0.6) is 0 Å². The van der Waals surface area contributed by atoms with Gasteiger partial charge in [-0.05, 0) is 37.5 Å². The molecule has 0 spiro atoms. The quantitative estimate of drug-likeness (QED) is 0.718. The molecular weight excluding hydrogens is 210 g/mol. The maximum absolute atomic E-state index is 5.77. The number of ether oxygens (including phenoxy) is 1. The van der Waals surface area contributed by atoms with Gasteiger partial charge < -0.3 is 10.1 Å². The van der Waals surface area contributed by atoms with Crippen molar-refractivity contribution in [1.82, 2.24) is 5.32 Å². The first kappa shape index (κ1) is 13.4. The van der Waals surface area contributed by atoms with E-state index >= 15 is 0 Å². The minimum absolute atomic E-state index is 0.758. The predicted octanol–water partition coefficient (Wildman–Crippen LogP) is 3.36. The average molecular weight is 239 g/mol. The van der Waals surface area contributed by atoms with Crippen molar-refractivity contribution < 1.29 is 4.74 Å². The molecule has 2 aliphatic rings. The van der Waals surface area contributed by atoms with E-state index in [0.717, 1.165) is 37.6 Å². The standard InChI is InChI=1S/C15H29NO/c1-13-5-4-8-15(11-13)16-9-10-17-12-14-6-2-3-7-14/h13-16H,2-12H2,1H3. The predicted molar refractivity (Wildman–Crippen MR) is 72.2 cm³/mol. The topological polar surface area (TPSA) is 21.3 Å². The molecule has 2 atom stereocenters. The highest BCUT2D eigenvalue weighted by Crippen LogP contribution is 2.25. The highest BCUT2D eigenvalue weighted by atomic mass is 16.5. The summed E-state index contributed by atoms with van der Waals surface area (Å²) in [5.74, 6) is 1.78. The summed E-state index contributed by atoms with van der Waals surface area (Å²) >= 11 is 0. The number of nitrogens with one attached hydrogen (secondary N) is 1. The van der Waals surface area contributed by atoms with Crippen LogP contribution in [0.4, 0.5) is 0 Å². The van der Waals surface area contributed by atoms with Crippen LogP contribution in [-0.4, -0.2) is 25.8 Å². The molecule has 2 saturated carbocycles. The van der Waals surface area contributed by atoms with E-state index in [-0.39, 0.29) is 0 Å². The van der Waals surface area contributed by atoms with Crippen LogP contribution in [0.25, 0.3) is 0 Å². The highest BCUT2D eigenvalue weighted by molar-refractivity contribution is 4.75. The van der Waals surface area contributed by atoms with Crippen LogP contribution >= 0.6 is 0 Å². The van der Waals surface area contributed by atoms with Crippen LogP contribution in [-0.2, 0) is 4.74 Å². The molecule has 0 saturated heterocycles. The largest absolute Gasteiger partial charge is 0.380 e. The maximum atomic E-state index is 5.77. The Morgan fingerprint density at radius 1 is 1.06 bits per heavy atom. The van der Waals surface area contributed by atoms with E-state index in [1.807, 2.05) is 0 Å². The summed E-state index contributed by atoms with van der Waals surface area (Å²) in [5, 5.41) is 3.65. The molecule has 17 heavy (non-hydrogen) atoms. The van der Waals surface area contributed by atoms with Crippen molar-refractivity contribution in [3.63, 3.8) is 0 Å². The average Bonchev–Trinajstić information content (AvgIpc) is 2.82. The van der Waals surface area contributed by atoms with Gasteiger partial charge in [-0.1, -0.05) is 32.6 Å². The molecule has 0 aromatic rings. The van der Waals surface area contributed by atoms with E-state index in [1.165, 1.54) is 51.4 Å². The van der Waals surface area contributed by atoms with E-state index in [2.05, 4.69) is 12.2 Å². The van der Waals surface area contributed by atoms with Gasteiger partial charge in [-0.25, -0.2) is 0 Å². The van der Waals surface area contributed by atoms with Gasteiger partial charge in [0.1, 0.15) is 0 Å². The Balaban J connectivity index is 1.45. The van der Waals surface area contributed by atoms with Crippen LogP contribution in [0.2, 0.25) is 0 Å². The lowest BCUT2D eigenvalue weighted by molar-refractivity contribution is 0.0996. The third-order valence-corrected chi connectivity index (χ3v) is 4.44. The van der Waals surface area contributed by atoms with Crippen molar-refractivity contribution in [1.29, 1.82) is 0 Å². The van der Waals surface area contributed by atoms with E-state index in [0.29, 0.717) is 0 Å². The number of hydrogen-bond donors (Lipinski definition) is 1. The summed E-state index contributed by atoms with van der Waals surface area (Å²) < 4.78 is 5.77. The van der Waals surface area contributed by atoms with E-state index in [1.54, 1.807) is 0 Å². The monoisotopic (exact) mass is 239 g/mol. The Morgan fingerprint density at radius 3 is 2.65 bits per heavy atom. The Labute approximate surface area is 107 Å². The highest BCUT2D eigenvalue weighted by Gasteiger charge is 2.18. The number of rotatable bonds is 6. The van der Waals surface area contributed by atoms with Crippen LogP contribution in [0, 0.1) is 11.8 Å². The Bertz CT molecular complexity index is 201. The second kappa shape index (κ2) is 7.38. The molecule has 0 heterocycles. The summed E-state index contributed by atoms with van der Waals surface area (Å²) in [6, 6.07) is 0.758. The zero-order valence-corrected chi connectivity index (χ0v) is 11.4. The van der Waals surface area contributed by atoms with Gasteiger partial charge in [0.25, 0.3) is 0 Å². The van der Waals surface area contributed by atoms with Crippen molar-refractivity contribution >= 4 is 0 Å². The summed E-state index contributed by atoms with van der Waals surface area (Å²) in [6.07, 6.45) is 11.2. The fraction of sp³-hybridized carbons (Fsp3) is 1.00.